The molecule has 0 spiro atoms. The van der Waals surface area contributed by atoms with Crippen molar-refractivity contribution in [2.24, 2.45) is 11.0 Å². The van der Waals surface area contributed by atoms with Crippen LogP contribution in [0, 0.1) is 5.92 Å². The van der Waals surface area contributed by atoms with E-state index in [-0.39, 0.29) is 11.8 Å². The molecule has 2 N–H and O–H groups in total. The highest BCUT2D eigenvalue weighted by molar-refractivity contribution is 6.30. The van der Waals surface area contributed by atoms with E-state index in [2.05, 4.69) is 15.8 Å². The Bertz CT molecular complexity index is 851. The highest BCUT2D eigenvalue weighted by atomic mass is 35.5. The summed E-state index contributed by atoms with van der Waals surface area (Å²) < 4.78 is 5.58. The molecule has 1 unspecified atom stereocenters. The quantitative estimate of drug-likeness (QED) is 0.479. The van der Waals surface area contributed by atoms with Gasteiger partial charge in [-0.2, -0.15) is 5.10 Å². The van der Waals surface area contributed by atoms with Crippen LogP contribution in [0.15, 0.2) is 53.6 Å². The van der Waals surface area contributed by atoms with Crippen LogP contribution >= 0.6 is 11.6 Å². The number of benzene rings is 2. The third-order valence-electron chi connectivity index (χ3n) is 4.06. The van der Waals surface area contributed by atoms with E-state index in [0.29, 0.717) is 17.2 Å². The summed E-state index contributed by atoms with van der Waals surface area (Å²) in [7, 11) is 0. The minimum atomic E-state index is -0.727. The number of hydrazone groups is 1. The summed E-state index contributed by atoms with van der Waals surface area (Å²) in [5, 5.41) is 7.29. The zero-order chi connectivity index (χ0) is 21.2. The van der Waals surface area contributed by atoms with E-state index in [0.717, 1.165) is 17.7 Å². The van der Waals surface area contributed by atoms with Crippen molar-refractivity contribution in [3.8, 4) is 5.75 Å². The third kappa shape index (κ3) is 7.23. The second-order valence-corrected chi connectivity index (χ2v) is 7.29. The van der Waals surface area contributed by atoms with E-state index >= 15 is 0 Å². The van der Waals surface area contributed by atoms with Gasteiger partial charge in [-0.3, -0.25) is 9.59 Å². The molecular formula is C22H26ClN3O3. The fraction of sp³-hybridized carbons (Fsp3) is 0.318. The van der Waals surface area contributed by atoms with Crippen LogP contribution in [0.25, 0.3) is 0 Å². The van der Waals surface area contributed by atoms with Crippen LogP contribution in [-0.2, 0) is 4.79 Å². The number of nitrogens with one attached hydrogen (secondary N) is 2. The minimum Gasteiger partial charge on any atom is -0.494 e. The predicted molar refractivity (Wildman–Crippen MR) is 116 cm³/mol. The van der Waals surface area contributed by atoms with Gasteiger partial charge in [0.2, 0.25) is 0 Å². The molecule has 2 rings (SSSR count). The summed E-state index contributed by atoms with van der Waals surface area (Å²) in [5.41, 5.74) is 3.72. The van der Waals surface area contributed by atoms with Crippen molar-refractivity contribution in [3.63, 3.8) is 0 Å². The molecule has 0 bridgehead atoms. The number of hydrogen-bond donors (Lipinski definition) is 2. The Kier molecular flexibility index (Phi) is 8.68. The largest absolute Gasteiger partial charge is 0.494 e. The van der Waals surface area contributed by atoms with Crippen molar-refractivity contribution in [2.45, 2.75) is 33.2 Å². The average Bonchev–Trinajstić information content (AvgIpc) is 2.70. The maximum atomic E-state index is 12.5. The van der Waals surface area contributed by atoms with Crippen molar-refractivity contribution >= 4 is 29.6 Å². The van der Waals surface area contributed by atoms with Gasteiger partial charge in [0, 0.05) is 10.6 Å². The van der Waals surface area contributed by atoms with Gasteiger partial charge < -0.3 is 10.1 Å². The monoisotopic (exact) mass is 415 g/mol. The number of halogens is 1. The molecule has 2 amide bonds. The van der Waals surface area contributed by atoms with Crippen molar-refractivity contribution in [3.05, 3.63) is 64.7 Å². The third-order valence-corrected chi connectivity index (χ3v) is 4.31. The minimum absolute atomic E-state index is 0.118. The number of amides is 2. The number of nitrogens with zero attached hydrogens (tertiary/aromatic N) is 1. The highest BCUT2D eigenvalue weighted by Gasteiger charge is 2.24. The van der Waals surface area contributed by atoms with Crippen molar-refractivity contribution in [2.75, 3.05) is 6.61 Å². The van der Waals surface area contributed by atoms with Crippen LogP contribution < -0.4 is 15.5 Å². The van der Waals surface area contributed by atoms with Crippen molar-refractivity contribution in [1.82, 2.24) is 10.7 Å². The molecular weight excluding hydrogens is 390 g/mol. The Hall–Kier alpha value is -2.86. The Morgan fingerprint density at radius 3 is 2.55 bits per heavy atom. The van der Waals surface area contributed by atoms with Gasteiger partial charge in [0.05, 0.1) is 12.8 Å². The lowest BCUT2D eigenvalue weighted by molar-refractivity contribution is -0.123. The summed E-state index contributed by atoms with van der Waals surface area (Å²) in [6.07, 6.45) is 2.46. The van der Waals surface area contributed by atoms with Crippen LogP contribution in [-0.4, -0.2) is 30.7 Å². The first-order valence-electron chi connectivity index (χ1n) is 9.53. The topological polar surface area (TPSA) is 79.8 Å². The first-order chi connectivity index (χ1) is 13.9. The smallest absolute Gasteiger partial charge is 0.262 e. The molecule has 1 atom stereocenters. The molecule has 0 aliphatic carbocycles. The average molecular weight is 416 g/mol. The second-order valence-electron chi connectivity index (χ2n) is 6.86. The van der Waals surface area contributed by atoms with Gasteiger partial charge in [-0.1, -0.05) is 44.5 Å². The summed E-state index contributed by atoms with van der Waals surface area (Å²) in [4.78, 5) is 24.9. The molecule has 0 saturated carbocycles. The Morgan fingerprint density at radius 1 is 1.17 bits per heavy atom. The first-order valence-corrected chi connectivity index (χ1v) is 9.90. The van der Waals surface area contributed by atoms with E-state index in [1.807, 2.05) is 45.0 Å². The molecule has 29 heavy (non-hydrogen) atoms. The molecule has 0 aliphatic heterocycles. The lowest BCUT2D eigenvalue weighted by atomic mass is 10.0. The van der Waals surface area contributed by atoms with Crippen LogP contribution in [0.2, 0.25) is 5.02 Å². The Labute approximate surface area is 176 Å². The zero-order valence-corrected chi connectivity index (χ0v) is 17.6. The van der Waals surface area contributed by atoms with E-state index in [1.165, 1.54) is 6.21 Å². The number of hydrogen-bond acceptors (Lipinski definition) is 4. The first kappa shape index (κ1) is 22.4. The standard InChI is InChI=1S/C22H26ClN3O3/c1-4-12-29-19-7-5-6-16(13-19)14-24-26-22(28)20(15(2)3)25-21(27)17-8-10-18(23)11-9-17/h5-11,13-15,20H,4,12H2,1-3H3,(H,25,27)(H,26,28)/b24-14+. The summed E-state index contributed by atoms with van der Waals surface area (Å²) in [6.45, 7) is 6.38. The molecule has 0 saturated heterocycles. The van der Waals surface area contributed by atoms with Crippen molar-refractivity contribution in [1.29, 1.82) is 0 Å². The van der Waals surface area contributed by atoms with Gasteiger partial charge >= 0.3 is 0 Å². The number of rotatable bonds is 9. The van der Waals surface area contributed by atoms with Gasteiger partial charge in [-0.25, -0.2) is 5.43 Å². The fourth-order valence-electron chi connectivity index (χ4n) is 2.51. The lowest BCUT2D eigenvalue weighted by Gasteiger charge is -2.20. The van der Waals surface area contributed by atoms with E-state index in [9.17, 15) is 9.59 Å². The number of ether oxygens (including phenoxy) is 1. The number of carbonyl (C=O) groups is 2. The predicted octanol–water partition coefficient (Wildman–Crippen LogP) is 4.03. The molecule has 154 valence electrons. The van der Waals surface area contributed by atoms with Gasteiger partial charge in [-0.05, 0) is 54.3 Å². The van der Waals surface area contributed by atoms with Crippen LogP contribution in [0.1, 0.15) is 43.1 Å². The van der Waals surface area contributed by atoms with Crippen LogP contribution in [0.4, 0.5) is 0 Å². The summed E-state index contributed by atoms with van der Waals surface area (Å²) >= 11 is 5.85. The SMILES string of the molecule is CCCOc1cccc(/C=N/NC(=O)C(NC(=O)c2ccc(Cl)cc2)C(C)C)c1. The van der Waals surface area contributed by atoms with Crippen molar-refractivity contribution < 1.29 is 14.3 Å². The maximum Gasteiger partial charge on any atom is 0.262 e. The van der Waals surface area contributed by atoms with E-state index in [4.69, 9.17) is 16.3 Å². The summed E-state index contributed by atoms with van der Waals surface area (Å²) in [5.74, 6) is -0.109. The van der Waals surface area contributed by atoms with E-state index in [1.54, 1.807) is 24.3 Å². The van der Waals surface area contributed by atoms with Crippen LogP contribution in [0.3, 0.4) is 0 Å². The van der Waals surface area contributed by atoms with E-state index < -0.39 is 11.9 Å². The van der Waals surface area contributed by atoms with Gasteiger partial charge in [-0.15, -0.1) is 0 Å². The lowest BCUT2D eigenvalue weighted by Crippen LogP contribution is -2.48. The molecule has 0 aromatic heterocycles. The molecule has 6 nitrogen and oxygen atoms in total. The molecule has 0 heterocycles. The fourth-order valence-corrected chi connectivity index (χ4v) is 2.63. The van der Waals surface area contributed by atoms with Gasteiger partial charge in [0.25, 0.3) is 11.8 Å². The number of carbonyl (C=O) groups excluding carboxylic acids is 2. The normalized spacial score (nSPS) is 12.0. The second kappa shape index (κ2) is 11.2. The molecule has 0 radical (unpaired) electrons. The Morgan fingerprint density at radius 2 is 1.90 bits per heavy atom. The molecule has 0 aliphatic rings. The van der Waals surface area contributed by atoms with Crippen LogP contribution in [0.5, 0.6) is 5.75 Å². The summed E-state index contributed by atoms with van der Waals surface area (Å²) in [6, 6.07) is 13.2. The zero-order valence-electron chi connectivity index (χ0n) is 16.8. The molecule has 2 aromatic carbocycles. The van der Waals surface area contributed by atoms with Gasteiger partial charge in [0.1, 0.15) is 11.8 Å². The Balaban J connectivity index is 1.98. The highest BCUT2D eigenvalue weighted by Crippen LogP contribution is 2.13. The molecule has 7 heteroatoms. The molecule has 2 aromatic rings. The molecule has 0 fully saturated rings. The van der Waals surface area contributed by atoms with Gasteiger partial charge in [0.15, 0.2) is 0 Å². The maximum absolute atomic E-state index is 12.5.